The van der Waals surface area contributed by atoms with Gasteiger partial charge in [0.15, 0.2) is 6.61 Å². The smallest absolute Gasteiger partial charge is 0.341 e. The van der Waals surface area contributed by atoms with Crippen molar-refractivity contribution in [3.63, 3.8) is 0 Å². The topological polar surface area (TPSA) is 83.8 Å². The number of carboxylic acids is 2. The van der Waals surface area contributed by atoms with Crippen LogP contribution < -0.4 is 4.74 Å². The minimum atomic E-state index is -0.906. The standard InChI is InChI=1S/C23H34O3.C2H4O2.C2H6/c1-2-3-4-5-6-7-9-17-12-13-19-15-21-18(14-20(17)19)10-8-11-22(21)26-16-23(24)25;1-2(3)4;1-2/h8,10-11,17,19-20H,2-7,9,12-16H2,1H3,(H,24,25);1H3,(H,3,4);1-2H3/t17-,19+,20+;;/m0../s1. The molecular formula is C27H44O5. The van der Waals surface area contributed by atoms with Crippen molar-refractivity contribution in [2.45, 2.75) is 98.3 Å². The van der Waals surface area contributed by atoms with E-state index in [0.717, 1.165) is 43.3 Å². The molecule has 0 aromatic heterocycles. The lowest BCUT2D eigenvalue weighted by Crippen LogP contribution is -2.26. The van der Waals surface area contributed by atoms with Crippen LogP contribution in [-0.2, 0) is 22.4 Å². The third kappa shape index (κ3) is 9.62. The maximum atomic E-state index is 10.8. The van der Waals surface area contributed by atoms with Crippen LogP contribution >= 0.6 is 0 Å². The summed E-state index contributed by atoms with van der Waals surface area (Å²) in [6.45, 7) is 7.11. The van der Waals surface area contributed by atoms with Gasteiger partial charge >= 0.3 is 5.97 Å². The van der Waals surface area contributed by atoms with Gasteiger partial charge in [-0.1, -0.05) is 77.8 Å². The van der Waals surface area contributed by atoms with E-state index < -0.39 is 11.9 Å². The molecule has 5 heteroatoms. The van der Waals surface area contributed by atoms with Gasteiger partial charge in [-0.05, 0) is 60.6 Å². The van der Waals surface area contributed by atoms with Crippen LogP contribution in [0, 0.1) is 17.8 Å². The summed E-state index contributed by atoms with van der Waals surface area (Å²) in [4.78, 5) is 19.8. The summed E-state index contributed by atoms with van der Waals surface area (Å²) >= 11 is 0. The Morgan fingerprint density at radius 2 is 1.66 bits per heavy atom. The van der Waals surface area contributed by atoms with E-state index in [1.807, 2.05) is 26.0 Å². The molecule has 2 aliphatic rings. The molecule has 32 heavy (non-hydrogen) atoms. The number of fused-ring (bicyclic) bond motifs is 2. The van der Waals surface area contributed by atoms with Crippen LogP contribution in [0.4, 0.5) is 0 Å². The number of ether oxygens (including phenoxy) is 1. The third-order valence-corrected chi connectivity index (χ3v) is 6.55. The summed E-state index contributed by atoms with van der Waals surface area (Å²) in [5.74, 6) is 1.54. The van der Waals surface area contributed by atoms with Gasteiger partial charge < -0.3 is 14.9 Å². The molecule has 1 aromatic rings. The van der Waals surface area contributed by atoms with E-state index in [1.54, 1.807) is 0 Å². The lowest BCUT2D eigenvalue weighted by molar-refractivity contribution is -0.139. The van der Waals surface area contributed by atoms with Crippen molar-refractivity contribution < 1.29 is 24.5 Å². The van der Waals surface area contributed by atoms with E-state index in [4.69, 9.17) is 19.7 Å². The molecule has 0 amide bonds. The number of benzene rings is 1. The fraction of sp³-hybridized carbons (Fsp3) is 0.704. The summed E-state index contributed by atoms with van der Waals surface area (Å²) in [6.07, 6.45) is 14.7. The number of hydrogen-bond acceptors (Lipinski definition) is 3. The molecule has 3 atom stereocenters. The van der Waals surface area contributed by atoms with Gasteiger partial charge in [0.05, 0.1) is 0 Å². The highest BCUT2D eigenvalue weighted by Crippen LogP contribution is 2.48. The molecule has 0 bridgehead atoms. The fourth-order valence-electron chi connectivity index (χ4n) is 5.20. The van der Waals surface area contributed by atoms with Crippen LogP contribution in [0.25, 0.3) is 0 Å². The maximum absolute atomic E-state index is 10.8. The predicted octanol–water partition coefficient (Wildman–Crippen LogP) is 6.76. The highest BCUT2D eigenvalue weighted by molar-refractivity contribution is 5.68. The van der Waals surface area contributed by atoms with E-state index in [0.29, 0.717) is 0 Å². The molecular weight excluding hydrogens is 404 g/mol. The first-order valence-corrected chi connectivity index (χ1v) is 12.6. The van der Waals surface area contributed by atoms with E-state index in [9.17, 15) is 4.79 Å². The number of unbranched alkanes of at least 4 members (excludes halogenated alkanes) is 5. The lowest BCUT2D eigenvalue weighted by Gasteiger charge is -2.32. The van der Waals surface area contributed by atoms with Gasteiger partial charge in [0.2, 0.25) is 0 Å². The van der Waals surface area contributed by atoms with Crippen LogP contribution in [0.5, 0.6) is 5.75 Å². The second-order valence-electron chi connectivity index (χ2n) is 8.82. The fourth-order valence-corrected chi connectivity index (χ4v) is 5.20. The number of hydrogen-bond donors (Lipinski definition) is 2. The highest BCUT2D eigenvalue weighted by Gasteiger charge is 2.39. The Balaban J connectivity index is 0.000000769. The molecule has 0 saturated heterocycles. The Morgan fingerprint density at radius 1 is 1.00 bits per heavy atom. The first kappa shape index (κ1) is 28.0. The Hall–Kier alpha value is -2.04. The molecule has 182 valence electrons. The molecule has 0 heterocycles. The number of carboxylic acid groups (broad SMARTS) is 2. The molecule has 2 aliphatic carbocycles. The third-order valence-electron chi connectivity index (χ3n) is 6.55. The molecule has 0 aliphatic heterocycles. The van der Waals surface area contributed by atoms with E-state index in [1.165, 1.54) is 68.9 Å². The van der Waals surface area contributed by atoms with Gasteiger partial charge in [0, 0.05) is 6.92 Å². The molecule has 0 spiro atoms. The Kier molecular flexibility index (Phi) is 13.7. The Morgan fingerprint density at radius 3 is 2.31 bits per heavy atom. The highest BCUT2D eigenvalue weighted by atomic mass is 16.5. The van der Waals surface area contributed by atoms with Crippen molar-refractivity contribution in [3.05, 3.63) is 29.3 Å². The molecule has 5 nitrogen and oxygen atoms in total. The maximum Gasteiger partial charge on any atom is 0.341 e. The largest absolute Gasteiger partial charge is 0.482 e. The zero-order valence-electron chi connectivity index (χ0n) is 20.6. The Labute approximate surface area is 194 Å². The van der Waals surface area contributed by atoms with Crippen molar-refractivity contribution in [2.24, 2.45) is 17.8 Å². The normalized spacial score (nSPS) is 20.6. The van der Waals surface area contributed by atoms with Crippen LogP contribution in [0.2, 0.25) is 0 Å². The van der Waals surface area contributed by atoms with Crippen LogP contribution in [-0.4, -0.2) is 28.8 Å². The molecule has 0 radical (unpaired) electrons. The van der Waals surface area contributed by atoms with Crippen LogP contribution in [0.1, 0.15) is 96.6 Å². The van der Waals surface area contributed by atoms with Gasteiger partial charge in [0.25, 0.3) is 5.97 Å². The zero-order valence-corrected chi connectivity index (χ0v) is 20.6. The SMILES string of the molecule is CC.CC(=O)O.CCCCCCCC[C@H]1CC[C@@H]2Cc3c(cccc3OCC(=O)O)C[C@H]12. The van der Waals surface area contributed by atoms with E-state index in [-0.39, 0.29) is 6.61 Å². The van der Waals surface area contributed by atoms with Crippen molar-refractivity contribution >= 4 is 11.9 Å². The summed E-state index contributed by atoms with van der Waals surface area (Å²) < 4.78 is 5.55. The average molecular weight is 449 g/mol. The summed E-state index contributed by atoms with van der Waals surface area (Å²) in [6, 6.07) is 6.18. The Bertz CT molecular complexity index is 681. The van der Waals surface area contributed by atoms with Crippen molar-refractivity contribution in [1.82, 2.24) is 0 Å². The van der Waals surface area contributed by atoms with E-state index in [2.05, 4.69) is 13.0 Å². The molecule has 0 unspecified atom stereocenters. The summed E-state index contributed by atoms with van der Waals surface area (Å²) in [5, 5.41) is 16.3. The molecule has 1 saturated carbocycles. The number of aliphatic carboxylic acids is 2. The minimum absolute atomic E-state index is 0.245. The van der Waals surface area contributed by atoms with Gasteiger partial charge in [-0.15, -0.1) is 0 Å². The summed E-state index contributed by atoms with van der Waals surface area (Å²) in [5.41, 5.74) is 2.67. The van der Waals surface area contributed by atoms with E-state index >= 15 is 0 Å². The quantitative estimate of drug-likeness (QED) is 0.386. The average Bonchev–Trinajstić information content (AvgIpc) is 3.16. The molecule has 1 fully saturated rings. The lowest BCUT2D eigenvalue weighted by atomic mass is 9.73. The number of rotatable bonds is 10. The molecule has 3 rings (SSSR count). The first-order chi connectivity index (χ1) is 15.4. The van der Waals surface area contributed by atoms with Crippen molar-refractivity contribution in [1.29, 1.82) is 0 Å². The van der Waals surface area contributed by atoms with Gasteiger partial charge in [-0.2, -0.15) is 0 Å². The zero-order chi connectivity index (χ0) is 23.9. The number of carbonyl (C=O) groups is 2. The summed E-state index contributed by atoms with van der Waals surface area (Å²) in [7, 11) is 0. The second-order valence-corrected chi connectivity index (χ2v) is 8.82. The minimum Gasteiger partial charge on any atom is -0.482 e. The second kappa shape index (κ2) is 15.7. The van der Waals surface area contributed by atoms with Gasteiger partial charge in [-0.3, -0.25) is 4.79 Å². The predicted molar refractivity (Wildman–Crippen MR) is 129 cm³/mol. The monoisotopic (exact) mass is 448 g/mol. The first-order valence-electron chi connectivity index (χ1n) is 12.6. The van der Waals surface area contributed by atoms with Gasteiger partial charge in [0.1, 0.15) is 5.75 Å². The van der Waals surface area contributed by atoms with Crippen LogP contribution in [0.15, 0.2) is 18.2 Å². The van der Waals surface area contributed by atoms with Crippen molar-refractivity contribution in [2.75, 3.05) is 6.61 Å². The van der Waals surface area contributed by atoms with Crippen molar-refractivity contribution in [3.8, 4) is 5.75 Å². The van der Waals surface area contributed by atoms with Gasteiger partial charge in [-0.25, -0.2) is 4.79 Å². The van der Waals surface area contributed by atoms with Crippen LogP contribution in [0.3, 0.4) is 0 Å². The molecule has 1 aromatic carbocycles. The molecule has 2 N–H and O–H groups in total.